The van der Waals surface area contributed by atoms with Crippen molar-refractivity contribution in [3.05, 3.63) is 63.7 Å². The molecule has 1 atom stereocenters. The molecule has 11 heteroatoms. The van der Waals surface area contributed by atoms with Crippen LogP contribution in [0.1, 0.15) is 40.4 Å². The second-order valence-electron chi connectivity index (χ2n) is 8.33. The van der Waals surface area contributed by atoms with E-state index < -0.39 is 27.5 Å². The standard InChI is InChI=1S/C23H27ClF3N3O3S/c1-2-34(32,33)21-6-5-19(24)9-18(21)12-29-22(31)16-3-4-17(20(10-16)23(25,26)27)14-30-8-7-15(11-28)13-30/h3-6,9-10,15H,2,7-8,11-14,28H2,1H3,(H,29,31). The number of halogens is 4. The average molecular weight is 518 g/mol. The summed E-state index contributed by atoms with van der Waals surface area (Å²) >= 11 is 5.98. The Kier molecular flexibility index (Phi) is 8.28. The van der Waals surface area contributed by atoms with E-state index in [9.17, 15) is 26.4 Å². The summed E-state index contributed by atoms with van der Waals surface area (Å²) in [6.07, 6.45) is -3.79. The monoisotopic (exact) mass is 517 g/mol. The van der Waals surface area contributed by atoms with Crippen LogP contribution in [0.2, 0.25) is 5.02 Å². The Labute approximate surface area is 202 Å². The Morgan fingerprint density at radius 2 is 1.94 bits per heavy atom. The number of hydrogen-bond acceptors (Lipinski definition) is 5. The van der Waals surface area contributed by atoms with Gasteiger partial charge in [-0.1, -0.05) is 24.6 Å². The van der Waals surface area contributed by atoms with Crippen LogP contribution in [0.4, 0.5) is 13.2 Å². The zero-order valence-corrected chi connectivity index (χ0v) is 20.2. The van der Waals surface area contributed by atoms with Gasteiger partial charge in [-0.3, -0.25) is 9.69 Å². The third-order valence-corrected chi connectivity index (χ3v) is 8.02. The lowest BCUT2D eigenvalue weighted by Crippen LogP contribution is -2.26. The molecule has 1 heterocycles. The summed E-state index contributed by atoms with van der Waals surface area (Å²) in [5.74, 6) is -0.622. The maximum absolute atomic E-state index is 13.8. The van der Waals surface area contributed by atoms with Crippen LogP contribution in [0.25, 0.3) is 0 Å². The number of rotatable bonds is 8. The highest BCUT2D eigenvalue weighted by Gasteiger charge is 2.35. The molecular formula is C23H27ClF3N3O3S. The number of hydrogen-bond donors (Lipinski definition) is 2. The van der Waals surface area contributed by atoms with Gasteiger partial charge >= 0.3 is 6.18 Å². The summed E-state index contributed by atoms with van der Waals surface area (Å²) in [7, 11) is -3.58. The summed E-state index contributed by atoms with van der Waals surface area (Å²) in [5.41, 5.74) is 4.99. The van der Waals surface area contributed by atoms with Crippen LogP contribution in [-0.4, -0.2) is 44.6 Å². The van der Waals surface area contributed by atoms with E-state index in [0.717, 1.165) is 12.5 Å². The highest BCUT2D eigenvalue weighted by molar-refractivity contribution is 7.91. The first-order valence-electron chi connectivity index (χ1n) is 10.9. The summed E-state index contributed by atoms with van der Waals surface area (Å²) in [6.45, 7) is 3.21. The highest BCUT2D eigenvalue weighted by atomic mass is 35.5. The first-order chi connectivity index (χ1) is 15.9. The fourth-order valence-corrected chi connectivity index (χ4v) is 5.34. The molecule has 1 aliphatic rings. The van der Waals surface area contributed by atoms with Crippen molar-refractivity contribution in [3.8, 4) is 0 Å². The van der Waals surface area contributed by atoms with Gasteiger partial charge in [0, 0.05) is 30.2 Å². The number of sulfone groups is 1. The van der Waals surface area contributed by atoms with Gasteiger partial charge in [-0.25, -0.2) is 8.42 Å². The smallest absolute Gasteiger partial charge is 0.348 e. The predicted molar refractivity (Wildman–Crippen MR) is 124 cm³/mol. The molecule has 2 aromatic rings. The third-order valence-electron chi connectivity index (χ3n) is 5.95. The van der Waals surface area contributed by atoms with Crippen LogP contribution in [0.15, 0.2) is 41.3 Å². The summed E-state index contributed by atoms with van der Waals surface area (Å²) in [4.78, 5) is 14.6. The van der Waals surface area contributed by atoms with Crippen LogP contribution >= 0.6 is 11.6 Å². The van der Waals surface area contributed by atoms with Gasteiger partial charge in [0.1, 0.15) is 0 Å². The van der Waals surface area contributed by atoms with Crippen LogP contribution in [-0.2, 0) is 29.1 Å². The largest absolute Gasteiger partial charge is 0.416 e. The van der Waals surface area contributed by atoms with E-state index in [2.05, 4.69) is 5.32 Å². The molecule has 0 aromatic heterocycles. The van der Waals surface area contributed by atoms with Gasteiger partial charge in [-0.2, -0.15) is 13.2 Å². The van der Waals surface area contributed by atoms with Gasteiger partial charge in [0.25, 0.3) is 5.91 Å². The lowest BCUT2D eigenvalue weighted by atomic mass is 10.0. The topological polar surface area (TPSA) is 92.5 Å². The van der Waals surface area contributed by atoms with Crippen molar-refractivity contribution in [1.29, 1.82) is 0 Å². The van der Waals surface area contributed by atoms with Crippen molar-refractivity contribution in [2.75, 3.05) is 25.4 Å². The van der Waals surface area contributed by atoms with E-state index in [0.29, 0.717) is 19.6 Å². The van der Waals surface area contributed by atoms with E-state index in [1.54, 1.807) is 0 Å². The molecule has 1 amide bonds. The predicted octanol–water partition coefficient (Wildman–Crippen LogP) is 3.86. The van der Waals surface area contributed by atoms with Crippen molar-refractivity contribution < 1.29 is 26.4 Å². The molecule has 6 nitrogen and oxygen atoms in total. The maximum Gasteiger partial charge on any atom is 0.416 e. The Bertz CT molecular complexity index is 1160. The maximum atomic E-state index is 13.8. The molecule has 0 bridgehead atoms. The molecule has 2 aromatic carbocycles. The Morgan fingerprint density at radius 1 is 1.21 bits per heavy atom. The van der Waals surface area contributed by atoms with Gasteiger partial charge in [0.2, 0.25) is 0 Å². The normalized spacial score (nSPS) is 17.2. The lowest BCUT2D eigenvalue weighted by molar-refractivity contribution is -0.138. The number of benzene rings is 2. The average Bonchev–Trinajstić information content (AvgIpc) is 3.24. The van der Waals surface area contributed by atoms with Crippen molar-refractivity contribution in [2.24, 2.45) is 11.7 Å². The number of carbonyl (C=O) groups excluding carboxylic acids is 1. The van der Waals surface area contributed by atoms with Crippen LogP contribution < -0.4 is 11.1 Å². The molecule has 34 heavy (non-hydrogen) atoms. The first-order valence-corrected chi connectivity index (χ1v) is 12.9. The molecule has 1 fully saturated rings. The molecule has 0 radical (unpaired) electrons. The highest BCUT2D eigenvalue weighted by Crippen LogP contribution is 2.34. The van der Waals surface area contributed by atoms with Gasteiger partial charge in [-0.15, -0.1) is 0 Å². The number of nitrogens with zero attached hydrogens (tertiary/aromatic N) is 1. The number of carbonyl (C=O) groups is 1. The molecule has 0 aliphatic carbocycles. The zero-order valence-electron chi connectivity index (χ0n) is 18.7. The fraction of sp³-hybridized carbons (Fsp3) is 0.435. The summed E-state index contributed by atoms with van der Waals surface area (Å²) < 4.78 is 66.0. The Morgan fingerprint density at radius 3 is 2.56 bits per heavy atom. The summed E-state index contributed by atoms with van der Waals surface area (Å²) in [6, 6.07) is 7.70. The van der Waals surface area contributed by atoms with Gasteiger partial charge < -0.3 is 11.1 Å². The van der Waals surface area contributed by atoms with E-state index in [-0.39, 0.29) is 51.4 Å². The van der Waals surface area contributed by atoms with Crippen LogP contribution in [0, 0.1) is 5.92 Å². The SMILES string of the molecule is CCS(=O)(=O)c1ccc(Cl)cc1CNC(=O)c1ccc(CN2CCC(CN)C2)c(C(F)(F)F)c1. The van der Waals surface area contributed by atoms with Gasteiger partial charge in [0.15, 0.2) is 9.84 Å². The van der Waals surface area contributed by atoms with E-state index >= 15 is 0 Å². The molecule has 1 unspecified atom stereocenters. The van der Waals surface area contributed by atoms with Crippen molar-refractivity contribution in [1.82, 2.24) is 10.2 Å². The second-order valence-corrected chi connectivity index (χ2v) is 11.0. The number of likely N-dealkylation sites (tertiary alicyclic amines) is 1. The molecule has 0 spiro atoms. The van der Waals surface area contributed by atoms with Crippen molar-refractivity contribution in [2.45, 2.75) is 37.5 Å². The van der Waals surface area contributed by atoms with Crippen molar-refractivity contribution >= 4 is 27.3 Å². The second kappa shape index (κ2) is 10.6. The minimum atomic E-state index is -4.63. The fourth-order valence-electron chi connectivity index (χ4n) is 4.03. The Hall–Kier alpha value is -2.14. The number of nitrogens with one attached hydrogen (secondary N) is 1. The number of amides is 1. The van der Waals surface area contributed by atoms with Gasteiger partial charge in [-0.05, 0) is 66.9 Å². The van der Waals surface area contributed by atoms with Crippen molar-refractivity contribution in [3.63, 3.8) is 0 Å². The molecular weight excluding hydrogens is 491 g/mol. The van der Waals surface area contributed by atoms with E-state index in [4.69, 9.17) is 17.3 Å². The molecule has 186 valence electrons. The van der Waals surface area contributed by atoms with E-state index in [1.165, 1.54) is 37.3 Å². The molecule has 1 aliphatic heterocycles. The van der Waals surface area contributed by atoms with Gasteiger partial charge in [0.05, 0.1) is 16.2 Å². The molecule has 3 N–H and O–H groups in total. The minimum absolute atomic E-state index is 0.0208. The summed E-state index contributed by atoms with van der Waals surface area (Å²) in [5, 5.41) is 2.79. The van der Waals surface area contributed by atoms with Crippen LogP contribution in [0.3, 0.4) is 0 Å². The van der Waals surface area contributed by atoms with E-state index in [1.807, 2.05) is 4.90 Å². The minimum Gasteiger partial charge on any atom is -0.348 e. The van der Waals surface area contributed by atoms with Crippen LogP contribution in [0.5, 0.6) is 0 Å². The first kappa shape index (κ1) is 26.5. The number of nitrogens with two attached hydrogens (primary N) is 1. The molecule has 0 saturated carbocycles. The Balaban J connectivity index is 1.80. The molecule has 1 saturated heterocycles. The zero-order chi connectivity index (χ0) is 25.1. The molecule has 3 rings (SSSR count). The number of alkyl halides is 3. The quantitative estimate of drug-likeness (QED) is 0.554. The third kappa shape index (κ3) is 6.29. The lowest BCUT2D eigenvalue weighted by Gasteiger charge is -2.20.